The molecule has 0 aromatic rings. The van der Waals surface area contributed by atoms with Gasteiger partial charge in [-0.25, -0.2) is 0 Å². The number of Topliss-reactive ketones (excluding diaryl/α,β-unsaturated/α-hetero) is 1. The standard InChI is InChI=1S/C21H40N2O3/c1-5-6-7-8-9-10-11-12-13-14-15-19(24)16-20(22)23(4)17-21(25)26-18(2)3/h18,22H,5-17H2,1-4H3/i4D3. The lowest BCUT2D eigenvalue weighted by Gasteiger charge is -2.19. The van der Waals surface area contributed by atoms with Crippen LogP contribution in [-0.4, -0.2) is 42.1 Å². The number of unbranched alkanes of at least 4 members (excludes halogenated alkanes) is 9. The maximum atomic E-state index is 12.1. The van der Waals surface area contributed by atoms with Gasteiger partial charge >= 0.3 is 5.97 Å². The zero-order valence-electron chi connectivity index (χ0n) is 19.9. The third-order valence-corrected chi connectivity index (χ3v) is 4.15. The lowest BCUT2D eigenvalue weighted by molar-refractivity contribution is -0.147. The number of amidine groups is 1. The van der Waals surface area contributed by atoms with Crippen LogP contribution in [0.2, 0.25) is 0 Å². The molecule has 0 aliphatic carbocycles. The third-order valence-electron chi connectivity index (χ3n) is 4.15. The topological polar surface area (TPSA) is 70.5 Å². The second-order valence-corrected chi connectivity index (χ2v) is 7.22. The van der Waals surface area contributed by atoms with Gasteiger partial charge in [0.2, 0.25) is 0 Å². The van der Waals surface area contributed by atoms with E-state index >= 15 is 0 Å². The highest BCUT2D eigenvalue weighted by Gasteiger charge is 2.14. The van der Waals surface area contributed by atoms with Crippen LogP contribution in [0.25, 0.3) is 0 Å². The van der Waals surface area contributed by atoms with E-state index in [9.17, 15) is 9.59 Å². The van der Waals surface area contributed by atoms with Crippen LogP contribution in [0.4, 0.5) is 0 Å². The van der Waals surface area contributed by atoms with Gasteiger partial charge in [0.15, 0.2) is 0 Å². The molecule has 0 rings (SSSR count). The van der Waals surface area contributed by atoms with Crippen LogP contribution in [-0.2, 0) is 14.3 Å². The number of hydrogen-bond acceptors (Lipinski definition) is 4. The normalized spacial score (nSPS) is 13.0. The summed E-state index contributed by atoms with van der Waals surface area (Å²) in [6.07, 6.45) is 11.4. The maximum absolute atomic E-state index is 12.1. The predicted molar refractivity (Wildman–Crippen MR) is 108 cm³/mol. The molecule has 0 aromatic carbocycles. The Morgan fingerprint density at radius 3 is 2.04 bits per heavy atom. The Balaban J connectivity index is 4.12. The van der Waals surface area contributed by atoms with Crippen LogP contribution < -0.4 is 0 Å². The molecule has 0 saturated heterocycles. The molecule has 0 fully saturated rings. The Bertz CT molecular complexity index is 494. The molecule has 5 nitrogen and oxygen atoms in total. The van der Waals surface area contributed by atoms with Crippen molar-refractivity contribution >= 4 is 17.6 Å². The van der Waals surface area contributed by atoms with Gasteiger partial charge in [-0.05, 0) is 20.3 Å². The van der Waals surface area contributed by atoms with E-state index in [-0.39, 0.29) is 24.1 Å². The first-order chi connectivity index (χ1) is 13.6. The molecule has 152 valence electrons. The molecule has 0 atom stereocenters. The minimum Gasteiger partial charge on any atom is -0.462 e. The van der Waals surface area contributed by atoms with Crippen molar-refractivity contribution in [1.29, 1.82) is 5.41 Å². The summed E-state index contributed by atoms with van der Waals surface area (Å²) >= 11 is 0. The van der Waals surface area contributed by atoms with Gasteiger partial charge in [0.1, 0.15) is 18.2 Å². The van der Waals surface area contributed by atoms with E-state index in [0.29, 0.717) is 11.3 Å². The Kier molecular flexibility index (Phi) is 11.8. The van der Waals surface area contributed by atoms with Crippen molar-refractivity contribution in [3.8, 4) is 0 Å². The SMILES string of the molecule is [2H]C([2H])([2H])N(CC(=O)OC(C)C)C(=N)CC(=O)CCCCCCCCCCCC. The predicted octanol–water partition coefficient (Wildman–Crippen LogP) is 5.12. The fourth-order valence-corrected chi connectivity index (χ4v) is 2.70. The van der Waals surface area contributed by atoms with Crippen molar-refractivity contribution < 1.29 is 18.4 Å². The van der Waals surface area contributed by atoms with Crippen molar-refractivity contribution in [2.75, 3.05) is 13.5 Å². The zero-order valence-corrected chi connectivity index (χ0v) is 16.9. The summed E-state index contributed by atoms with van der Waals surface area (Å²) in [7, 11) is 0. The smallest absolute Gasteiger partial charge is 0.325 e. The van der Waals surface area contributed by atoms with Gasteiger partial charge in [-0.15, -0.1) is 0 Å². The van der Waals surface area contributed by atoms with Crippen molar-refractivity contribution in [1.82, 2.24) is 4.90 Å². The Labute approximate surface area is 164 Å². The largest absolute Gasteiger partial charge is 0.462 e. The van der Waals surface area contributed by atoms with Crippen molar-refractivity contribution in [3.05, 3.63) is 0 Å². The molecule has 0 aromatic heterocycles. The Morgan fingerprint density at radius 1 is 1.00 bits per heavy atom. The fourth-order valence-electron chi connectivity index (χ4n) is 2.70. The summed E-state index contributed by atoms with van der Waals surface area (Å²) in [5, 5.41) is 7.99. The number of likely N-dealkylation sites (N-methyl/N-ethyl adjacent to an activating group) is 1. The van der Waals surface area contributed by atoms with E-state index in [1.54, 1.807) is 13.8 Å². The first-order valence-corrected chi connectivity index (χ1v) is 10.1. The van der Waals surface area contributed by atoms with Crippen LogP contribution in [0.15, 0.2) is 0 Å². The highest BCUT2D eigenvalue weighted by molar-refractivity contribution is 6.00. The van der Waals surface area contributed by atoms with Gasteiger partial charge in [-0.3, -0.25) is 15.0 Å². The number of carbonyl (C=O) groups excluding carboxylic acids is 2. The molecule has 0 unspecified atom stereocenters. The van der Waals surface area contributed by atoms with Crippen molar-refractivity contribution in [2.24, 2.45) is 0 Å². The molecule has 0 aliphatic rings. The quantitative estimate of drug-likeness (QED) is 0.177. The second-order valence-electron chi connectivity index (χ2n) is 7.22. The first-order valence-electron chi connectivity index (χ1n) is 11.6. The lowest BCUT2D eigenvalue weighted by Crippen LogP contribution is -2.34. The minimum absolute atomic E-state index is 0.166. The van der Waals surface area contributed by atoms with Crippen LogP contribution in [0.3, 0.4) is 0 Å². The summed E-state index contributed by atoms with van der Waals surface area (Å²) in [5.74, 6) is -1.24. The fraction of sp³-hybridized carbons (Fsp3) is 0.857. The summed E-state index contributed by atoms with van der Waals surface area (Å²) in [5.41, 5.74) is 0. The maximum Gasteiger partial charge on any atom is 0.325 e. The number of nitrogens with one attached hydrogen (secondary N) is 1. The molecular weight excluding hydrogens is 328 g/mol. The molecule has 0 amide bonds. The van der Waals surface area contributed by atoms with Crippen LogP contribution in [0, 0.1) is 5.41 Å². The summed E-state index contributed by atoms with van der Waals surface area (Å²) in [4.78, 5) is 24.6. The van der Waals surface area contributed by atoms with Gasteiger partial charge in [-0.1, -0.05) is 64.7 Å². The number of ether oxygens (including phenoxy) is 1. The third kappa shape index (κ3) is 14.9. The number of esters is 1. The molecule has 0 spiro atoms. The number of nitrogens with zero attached hydrogens (tertiary/aromatic N) is 1. The van der Waals surface area contributed by atoms with E-state index in [1.165, 1.54) is 44.9 Å². The van der Waals surface area contributed by atoms with Crippen LogP contribution >= 0.6 is 0 Å². The van der Waals surface area contributed by atoms with Gasteiger partial charge in [0.25, 0.3) is 0 Å². The average molecular weight is 372 g/mol. The zero-order chi connectivity index (χ0) is 22.3. The molecule has 5 heteroatoms. The van der Waals surface area contributed by atoms with E-state index in [2.05, 4.69) is 6.92 Å². The number of carbonyl (C=O) groups is 2. The molecular formula is C21H40N2O3. The monoisotopic (exact) mass is 371 g/mol. The number of ketones is 1. The van der Waals surface area contributed by atoms with Gasteiger partial charge in [-0.2, -0.15) is 0 Å². The number of rotatable bonds is 16. The molecule has 0 radical (unpaired) electrons. The van der Waals surface area contributed by atoms with E-state index in [1.807, 2.05) is 0 Å². The van der Waals surface area contributed by atoms with Crippen LogP contribution in [0.1, 0.15) is 102 Å². The molecule has 0 saturated carbocycles. The lowest BCUT2D eigenvalue weighted by atomic mass is 10.0. The molecule has 0 bridgehead atoms. The van der Waals surface area contributed by atoms with Crippen molar-refractivity contribution in [3.63, 3.8) is 0 Å². The summed E-state index contributed by atoms with van der Waals surface area (Å²) in [6, 6.07) is 0. The molecule has 0 aliphatic heterocycles. The summed E-state index contributed by atoms with van der Waals surface area (Å²) < 4.78 is 27.5. The highest BCUT2D eigenvalue weighted by Crippen LogP contribution is 2.12. The first kappa shape index (κ1) is 19.4. The second kappa shape index (κ2) is 15.8. The van der Waals surface area contributed by atoms with E-state index < -0.39 is 19.5 Å². The molecule has 0 heterocycles. The van der Waals surface area contributed by atoms with Crippen molar-refractivity contribution in [2.45, 2.75) is 104 Å². The Morgan fingerprint density at radius 2 is 1.54 bits per heavy atom. The molecule has 1 N–H and O–H groups in total. The summed E-state index contributed by atoms with van der Waals surface area (Å²) in [6.45, 7) is 2.32. The number of hydrogen-bond donors (Lipinski definition) is 1. The highest BCUT2D eigenvalue weighted by atomic mass is 16.5. The van der Waals surface area contributed by atoms with E-state index in [0.717, 1.165) is 19.3 Å². The minimum atomic E-state index is -2.66. The Hall–Kier alpha value is -1.39. The molecule has 26 heavy (non-hydrogen) atoms. The van der Waals surface area contributed by atoms with Crippen LogP contribution in [0.5, 0.6) is 0 Å². The van der Waals surface area contributed by atoms with Gasteiger partial charge < -0.3 is 9.64 Å². The average Bonchev–Trinajstić information content (AvgIpc) is 2.59. The van der Waals surface area contributed by atoms with Gasteiger partial charge in [0, 0.05) is 17.5 Å². The van der Waals surface area contributed by atoms with E-state index in [4.69, 9.17) is 14.3 Å². The van der Waals surface area contributed by atoms with Gasteiger partial charge in [0.05, 0.1) is 12.5 Å².